The number of hydrogen-bond donors (Lipinski definition) is 0. The van der Waals surface area contributed by atoms with E-state index in [0.717, 1.165) is 48.7 Å². The van der Waals surface area contributed by atoms with Crippen molar-refractivity contribution in [3.8, 4) is 11.4 Å². The summed E-state index contributed by atoms with van der Waals surface area (Å²) >= 11 is 0. The Morgan fingerprint density at radius 1 is 1.24 bits per heavy atom. The van der Waals surface area contributed by atoms with E-state index >= 15 is 0 Å². The fraction of sp³-hybridized carbons (Fsp3) is 0.579. The average Bonchev–Trinajstić information content (AvgIpc) is 2.99. The van der Waals surface area contributed by atoms with Gasteiger partial charge in [0.15, 0.2) is 0 Å². The maximum atomic E-state index is 12.9. The van der Waals surface area contributed by atoms with E-state index in [-0.39, 0.29) is 17.4 Å². The second-order valence-corrected chi connectivity index (χ2v) is 7.83. The Balaban J connectivity index is 2.00. The van der Waals surface area contributed by atoms with Crippen molar-refractivity contribution in [2.45, 2.75) is 53.0 Å². The standard InChI is InChI=1S/C19H27N5O/c1-13-21-14(16-9-10-20-23(16)5)12-15(22-13)17-8-6-7-11-24(17)18(25)19(2,3)4/h9-10,12,17H,6-8,11H2,1-5H3/t17-/m1/s1. The fourth-order valence-corrected chi connectivity index (χ4v) is 3.43. The minimum atomic E-state index is -0.386. The number of rotatable bonds is 2. The summed E-state index contributed by atoms with van der Waals surface area (Å²) in [5.74, 6) is 0.915. The minimum absolute atomic E-state index is 0.0224. The van der Waals surface area contributed by atoms with Crippen LogP contribution in [0.3, 0.4) is 0 Å². The van der Waals surface area contributed by atoms with Crippen LogP contribution >= 0.6 is 0 Å². The normalized spacial score (nSPS) is 18.4. The van der Waals surface area contributed by atoms with Gasteiger partial charge in [-0.25, -0.2) is 9.97 Å². The summed E-state index contributed by atoms with van der Waals surface area (Å²) in [6, 6.07) is 3.99. The highest BCUT2D eigenvalue weighted by molar-refractivity contribution is 5.82. The summed E-state index contributed by atoms with van der Waals surface area (Å²) in [5.41, 5.74) is 2.36. The molecule has 3 rings (SSSR count). The number of aryl methyl sites for hydroxylation is 2. The Kier molecular flexibility index (Phi) is 4.62. The monoisotopic (exact) mass is 341 g/mol. The molecule has 0 spiro atoms. The number of carbonyl (C=O) groups is 1. The molecule has 0 saturated carbocycles. The summed E-state index contributed by atoms with van der Waals surface area (Å²) in [7, 11) is 1.91. The van der Waals surface area contributed by atoms with Gasteiger partial charge in [-0.15, -0.1) is 0 Å². The molecule has 0 bridgehead atoms. The van der Waals surface area contributed by atoms with Crippen molar-refractivity contribution in [1.29, 1.82) is 0 Å². The molecule has 0 aliphatic carbocycles. The van der Waals surface area contributed by atoms with Crippen LogP contribution in [-0.2, 0) is 11.8 Å². The highest BCUT2D eigenvalue weighted by Gasteiger charge is 2.35. The summed E-state index contributed by atoms with van der Waals surface area (Å²) in [6.45, 7) is 8.64. The topological polar surface area (TPSA) is 63.9 Å². The quantitative estimate of drug-likeness (QED) is 0.841. The van der Waals surface area contributed by atoms with Crippen LogP contribution in [0.5, 0.6) is 0 Å². The third-order valence-corrected chi connectivity index (χ3v) is 4.69. The first-order valence-corrected chi connectivity index (χ1v) is 8.92. The van der Waals surface area contributed by atoms with E-state index in [1.165, 1.54) is 0 Å². The molecular weight excluding hydrogens is 314 g/mol. The van der Waals surface area contributed by atoms with E-state index < -0.39 is 0 Å². The second-order valence-electron chi connectivity index (χ2n) is 7.83. The average molecular weight is 341 g/mol. The predicted molar refractivity (Wildman–Crippen MR) is 96.7 cm³/mol. The lowest BCUT2D eigenvalue weighted by Crippen LogP contribution is -2.44. The Hall–Kier alpha value is -2.24. The van der Waals surface area contributed by atoms with Gasteiger partial charge in [0, 0.05) is 25.2 Å². The predicted octanol–water partition coefficient (Wildman–Crippen LogP) is 3.29. The first-order chi connectivity index (χ1) is 11.8. The summed E-state index contributed by atoms with van der Waals surface area (Å²) in [6.07, 6.45) is 4.88. The SMILES string of the molecule is Cc1nc(-c2ccnn2C)cc([C@H]2CCCCN2C(=O)C(C)(C)C)n1. The van der Waals surface area contributed by atoms with E-state index in [9.17, 15) is 4.79 Å². The van der Waals surface area contributed by atoms with Crippen LogP contribution in [0.2, 0.25) is 0 Å². The molecule has 0 N–H and O–H groups in total. The second kappa shape index (κ2) is 6.58. The van der Waals surface area contributed by atoms with Crippen molar-refractivity contribution in [3.05, 3.63) is 29.8 Å². The van der Waals surface area contributed by atoms with Gasteiger partial charge in [-0.1, -0.05) is 20.8 Å². The molecule has 1 saturated heterocycles. The summed E-state index contributed by atoms with van der Waals surface area (Å²) < 4.78 is 1.81. The maximum absolute atomic E-state index is 12.9. The molecule has 1 fully saturated rings. The molecule has 134 valence electrons. The van der Waals surface area contributed by atoms with Crippen LogP contribution in [0.25, 0.3) is 11.4 Å². The zero-order chi connectivity index (χ0) is 18.2. The summed E-state index contributed by atoms with van der Waals surface area (Å²) in [4.78, 5) is 24.2. The van der Waals surface area contributed by atoms with Gasteiger partial charge < -0.3 is 4.90 Å². The van der Waals surface area contributed by atoms with E-state index in [0.29, 0.717) is 0 Å². The Morgan fingerprint density at radius 2 is 2.00 bits per heavy atom. The molecule has 1 aliphatic heterocycles. The minimum Gasteiger partial charge on any atom is -0.334 e. The van der Waals surface area contributed by atoms with Crippen molar-refractivity contribution in [1.82, 2.24) is 24.6 Å². The van der Waals surface area contributed by atoms with Crippen LogP contribution in [0.15, 0.2) is 18.3 Å². The maximum Gasteiger partial charge on any atom is 0.228 e. The molecular formula is C19H27N5O. The van der Waals surface area contributed by atoms with Gasteiger partial charge in [0.1, 0.15) is 5.82 Å². The molecule has 1 amide bonds. The Morgan fingerprint density at radius 3 is 2.64 bits per heavy atom. The molecule has 1 atom stereocenters. The lowest BCUT2D eigenvalue weighted by molar-refractivity contribution is -0.143. The molecule has 3 heterocycles. The van der Waals surface area contributed by atoms with Crippen molar-refractivity contribution in [3.63, 3.8) is 0 Å². The fourth-order valence-electron chi connectivity index (χ4n) is 3.43. The van der Waals surface area contributed by atoms with Gasteiger partial charge in [0.25, 0.3) is 0 Å². The first kappa shape index (κ1) is 17.6. The van der Waals surface area contributed by atoms with Crippen molar-refractivity contribution in [2.75, 3.05) is 6.54 Å². The number of amides is 1. The molecule has 6 heteroatoms. The molecule has 2 aromatic rings. The number of piperidine rings is 1. The number of aromatic nitrogens is 4. The van der Waals surface area contributed by atoms with Gasteiger partial charge in [0.05, 0.1) is 23.1 Å². The van der Waals surface area contributed by atoms with E-state index in [4.69, 9.17) is 0 Å². The van der Waals surface area contributed by atoms with Crippen LogP contribution in [0.4, 0.5) is 0 Å². The van der Waals surface area contributed by atoms with Crippen LogP contribution in [0.1, 0.15) is 57.6 Å². The van der Waals surface area contributed by atoms with Crippen molar-refractivity contribution >= 4 is 5.91 Å². The van der Waals surface area contributed by atoms with E-state index in [2.05, 4.69) is 15.1 Å². The molecule has 0 aromatic carbocycles. The van der Waals surface area contributed by atoms with Crippen LogP contribution in [0, 0.1) is 12.3 Å². The molecule has 6 nitrogen and oxygen atoms in total. The Labute approximate surface area is 149 Å². The first-order valence-electron chi connectivity index (χ1n) is 8.92. The van der Waals surface area contributed by atoms with Crippen LogP contribution < -0.4 is 0 Å². The number of likely N-dealkylation sites (tertiary alicyclic amines) is 1. The molecule has 0 radical (unpaired) electrons. The highest BCUT2D eigenvalue weighted by Crippen LogP contribution is 2.34. The van der Waals surface area contributed by atoms with Crippen molar-refractivity contribution < 1.29 is 4.79 Å². The highest BCUT2D eigenvalue weighted by atomic mass is 16.2. The number of hydrogen-bond acceptors (Lipinski definition) is 4. The van der Waals surface area contributed by atoms with Gasteiger partial charge in [-0.05, 0) is 38.3 Å². The number of nitrogens with zero attached hydrogens (tertiary/aromatic N) is 5. The lowest BCUT2D eigenvalue weighted by Gasteiger charge is -2.39. The van der Waals surface area contributed by atoms with Gasteiger partial charge in [-0.3, -0.25) is 9.48 Å². The smallest absolute Gasteiger partial charge is 0.228 e. The largest absolute Gasteiger partial charge is 0.334 e. The lowest BCUT2D eigenvalue weighted by atomic mass is 9.90. The van der Waals surface area contributed by atoms with Crippen LogP contribution in [-0.4, -0.2) is 37.1 Å². The molecule has 0 unspecified atom stereocenters. The molecule has 25 heavy (non-hydrogen) atoms. The number of carbonyl (C=O) groups excluding carboxylic acids is 1. The third-order valence-electron chi connectivity index (χ3n) is 4.69. The van der Waals surface area contributed by atoms with Crippen molar-refractivity contribution in [2.24, 2.45) is 12.5 Å². The van der Waals surface area contributed by atoms with E-state index in [1.807, 2.05) is 56.5 Å². The zero-order valence-electron chi connectivity index (χ0n) is 15.8. The van der Waals surface area contributed by atoms with Gasteiger partial charge in [0.2, 0.25) is 5.91 Å². The Bertz CT molecular complexity index is 774. The van der Waals surface area contributed by atoms with Gasteiger partial charge in [-0.2, -0.15) is 5.10 Å². The molecule has 1 aliphatic rings. The third kappa shape index (κ3) is 3.57. The van der Waals surface area contributed by atoms with Gasteiger partial charge >= 0.3 is 0 Å². The molecule has 2 aromatic heterocycles. The zero-order valence-corrected chi connectivity index (χ0v) is 15.8. The summed E-state index contributed by atoms with van der Waals surface area (Å²) in [5, 5.41) is 4.23. The van der Waals surface area contributed by atoms with E-state index in [1.54, 1.807) is 6.20 Å².